The molecule has 4 N–H and O–H groups in total. The van der Waals surface area contributed by atoms with Crippen molar-refractivity contribution in [2.45, 2.75) is 34.1 Å². The first-order valence-corrected chi connectivity index (χ1v) is 6.61. The molecule has 0 bridgehead atoms. The largest absolute Gasteiger partial charge is 0.355 e. The second-order valence-corrected chi connectivity index (χ2v) is 4.53. The Morgan fingerprint density at radius 1 is 1.29 bits per heavy atom. The van der Waals surface area contributed by atoms with Crippen molar-refractivity contribution >= 4 is 5.96 Å². The highest BCUT2D eigenvalue weighted by atomic mass is 15.3. The lowest BCUT2D eigenvalue weighted by molar-refractivity contribution is 0.300. The van der Waals surface area contributed by atoms with Crippen LogP contribution in [0.2, 0.25) is 0 Å². The molecule has 0 saturated heterocycles. The number of hydrogen-bond donors (Lipinski definition) is 3. The normalized spacial score (nSPS) is 12.3. The lowest BCUT2D eigenvalue weighted by atomic mass is 10.2. The van der Waals surface area contributed by atoms with Crippen LogP contribution >= 0.6 is 0 Å². The summed E-state index contributed by atoms with van der Waals surface area (Å²) < 4.78 is 0. The van der Waals surface area contributed by atoms with E-state index in [0.29, 0.717) is 11.9 Å². The first-order valence-electron chi connectivity index (χ1n) is 6.61. The maximum atomic E-state index is 5.40. The van der Waals surface area contributed by atoms with Crippen molar-refractivity contribution in [1.82, 2.24) is 15.6 Å². The van der Waals surface area contributed by atoms with Gasteiger partial charge in [0, 0.05) is 13.1 Å². The molecular weight excluding hydrogens is 214 g/mol. The molecule has 0 unspecified atom stereocenters. The van der Waals surface area contributed by atoms with Crippen LogP contribution in [0.1, 0.15) is 34.1 Å². The summed E-state index contributed by atoms with van der Waals surface area (Å²) in [5.41, 5.74) is 2.60. The summed E-state index contributed by atoms with van der Waals surface area (Å²) in [7, 11) is 0. The van der Waals surface area contributed by atoms with Gasteiger partial charge in [-0.2, -0.15) is 0 Å². The molecule has 0 aromatic rings. The highest BCUT2D eigenvalue weighted by molar-refractivity contribution is 5.79. The molecule has 0 aliphatic rings. The molecule has 17 heavy (non-hydrogen) atoms. The quantitative estimate of drug-likeness (QED) is 0.194. The number of nitrogens with zero attached hydrogens (tertiary/aromatic N) is 2. The van der Waals surface area contributed by atoms with E-state index in [1.807, 2.05) is 0 Å². The van der Waals surface area contributed by atoms with Gasteiger partial charge < -0.3 is 10.2 Å². The average molecular weight is 243 g/mol. The Morgan fingerprint density at radius 2 is 1.94 bits per heavy atom. The number of nitrogens with two attached hydrogens (primary N) is 1. The Balaban J connectivity index is 3.73. The number of hydrogen-bond acceptors (Lipinski definition) is 3. The van der Waals surface area contributed by atoms with Crippen LogP contribution in [0.4, 0.5) is 0 Å². The molecule has 0 fully saturated rings. The summed E-state index contributed by atoms with van der Waals surface area (Å²) >= 11 is 0. The van der Waals surface area contributed by atoms with Crippen molar-refractivity contribution in [3.8, 4) is 0 Å². The first-order chi connectivity index (χ1) is 8.13. The van der Waals surface area contributed by atoms with Gasteiger partial charge in [0.25, 0.3) is 0 Å². The molecule has 0 atom stereocenters. The van der Waals surface area contributed by atoms with E-state index >= 15 is 0 Å². The Kier molecular flexibility index (Phi) is 9.86. The van der Waals surface area contributed by atoms with E-state index in [0.717, 1.165) is 39.1 Å². The zero-order chi connectivity index (χ0) is 13.1. The van der Waals surface area contributed by atoms with Crippen molar-refractivity contribution in [2.75, 3.05) is 32.7 Å². The van der Waals surface area contributed by atoms with Crippen molar-refractivity contribution in [1.29, 1.82) is 0 Å². The van der Waals surface area contributed by atoms with E-state index in [1.54, 1.807) is 0 Å². The maximum Gasteiger partial charge on any atom is 0.205 e. The molecule has 0 radical (unpaired) electrons. The molecule has 0 aromatic carbocycles. The van der Waals surface area contributed by atoms with Gasteiger partial charge >= 0.3 is 0 Å². The Hall–Kier alpha value is -0.810. The predicted molar refractivity (Wildman–Crippen MR) is 74.9 cm³/mol. The SMILES string of the molecule is CCN(CC)CCCNC(=NCC(C)C)NN. The van der Waals surface area contributed by atoms with Crippen LogP contribution in [-0.4, -0.2) is 43.6 Å². The third kappa shape index (κ3) is 8.94. The van der Waals surface area contributed by atoms with E-state index in [1.165, 1.54) is 0 Å². The fourth-order valence-corrected chi connectivity index (χ4v) is 1.48. The number of nitrogens with one attached hydrogen (secondary N) is 2. The van der Waals surface area contributed by atoms with E-state index in [-0.39, 0.29) is 0 Å². The molecule has 5 heteroatoms. The fraction of sp³-hybridized carbons (Fsp3) is 0.917. The summed E-state index contributed by atoms with van der Waals surface area (Å²) in [6.45, 7) is 13.7. The monoisotopic (exact) mass is 243 g/mol. The Bertz CT molecular complexity index is 199. The van der Waals surface area contributed by atoms with Gasteiger partial charge in [-0.15, -0.1) is 0 Å². The molecule has 0 heterocycles. The van der Waals surface area contributed by atoms with Crippen molar-refractivity contribution in [3.63, 3.8) is 0 Å². The summed E-state index contributed by atoms with van der Waals surface area (Å²) in [4.78, 5) is 6.76. The van der Waals surface area contributed by atoms with Crippen molar-refractivity contribution < 1.29 is 0 Å². The minimum Gasteiger partial charge on any atom is -0.355 e. The zero-order valence-corrected chi connectivity index (χ0v) is 11.8. The van der Waals surface area contributed by atoms with E-state index in [9.17, 15) is 0 Å². The molecule has 0 saturated carbocycles. The minimum atomic E-state index is 0.552. The molecule has 5 nitrogen and oxygen atoms in total. The maximum absolute atomic E-state index is 5.40. The predicted octanol–water partition coefficient (Wildman–Crippen LogP) is 0.783. The lowest BCUT2D eigenvalue weighted by Crippen LogP contribution is -2.42. The molecule has 0 spiro atoms. The number of guanidine groups is 1. The summed E-state index contributed by atoms with van der Waals surface area (Å²) in [6.07, 6.45) is 1.10. The number of rotatable bonds is 8. The summed E-state index contributed by atoms with van der Waals surface area (Å²) in [5.74, 6) is 6.64. The highest BCUT2D eigenvalue weighted by Gasteiger charge is 2.00. The van der Waals surface area contributed by atoms with Gasteiger partial charge in [0.15, 0.2) is 0 Å². The van der Waals surface area contributed by atoms with Crippen LogP contribution in [0.5, 0.6) is 0 Å². The van der Waals surface area contributed by atoms with Gasteiger partial charge in [0.2, 0.25) is 5.96 Å². The number of aliphatic imine (C=N–C) groups is 1. The molecule has 0 aliphatic heterocycles. The van der Waals surface area contributed by atoms with E-state index in [4.69, 9.17) is 5.84 Å². The van der Waals surface area contributed by atoms with Gasteiger partial charge in [0.05, 0.1) is 0 Å². The Morgan fingerprint density at radius 3 is 2.41 bits per heavy atom. The van der Waals surface area contributed by atoms with E-state index < -0.39 is 0 Å². The smallest absolute Gasteiger partial charge is 0.205 e. The third-order valence-electron chi connectivity index (χ3n) is 2.59. The van der Waals surface area contributed by atoms with E-state index in [2.05, 4.69) is 48.3 Å². The van der Waals surface area contributed by atoms with Gasteiger partial charge in [-0.1, -0.05) is 27.7 Å². The van der Waals surface area contributed by atoms with Crippen molar-refractivity contribution in [3.05, 3.63) is 0 Å². The van der Waals surface area contributed by atoms with Crippen LogP contribution < -0.4 is 16.6 Å². The molecule has 0 aliphatic carbocycles. The topological polar surface area (TPSA) is 65.7 Å². The number of hydrazine groups is 1. The van der Waals surface area contributed by atoms with Crippen LogP contribution in [0.3, 0.4) is 0 Å². The van der Waals surface area contributed by atoms with Crippen LogP contribution in [0.15, 0.2) is 4.99 Å². The standard InChI is InChI=1S/C12H29N5/c1-5-17(6-2)9-7-8-14-12(16-13)15-10-11(3)4/h11H,5-10,13H2,1-4H3,(H2,14,15,16). The average Bonchev–Trinajstić information content (AvgIpc) is 2.32. The Labute approximate surface area is 106 Å². The summed E-state index contributed by atoms with van der Waals surface area (Å²) in [6, 6.07) is 0. The summed E-state index contributed by atoms with van der Waals surface area (Å²) in [5, 5.41) is 3.22. The first kappa shape index (κ1) is 16.2. The van der Waals surface area contributed by atoms with Crippen molar-refractivity contribution in [2.24, 2.45) is 16.8 Å². The third-order valence-corrected chi connectivity index (χ3v) is 2.59. The molecule has 0 aromatic heterocycles. The molecule has 102 valence electrons. The second-order valence-electron chi connectivity index (χ2n) is 4.53. The van der Waals surface area contributed by atoms with Gasteiger partial charge in [-0.05, 0) is 32.0 Å². The van der Waals surface area contributed by atoms with Gasteiger partial charge in [-0.25, -0.2) is 5.84 Å². The molecular formula is C12H29N5. The molecule has 0 amide bonds. The minimum absolute atomic E-state index is 0.552. The fourth-order valence-electron chi connectivity index (χ4n) is 1.48. The highest BCUT2D eigenvalue weighted by Crippen LogP contribution is 1.92. The molecule has 0 rings (SSSR count). The van der Waals surface area contributed by atoms with Crippen LogP contribution in [-0.2, 0) is 0 Å². The van der Waals surface area contributed by atoms with Crippen LogP contribution in [0.25, 0.3) is 0 Å². The second kappa shape index (κ2) is 10.4. The zero-order valence-electron chi connectivity index (χ0n) is 11.8. The van der Waals surface area contributed by atoms with Gasteiger partial charge in [-0.3, -0.25) is 10.4 Å². The van der Waals surface area contributed by atoms with Gasteiger partial charge in [0.1, 0.15) is 0 Å². The van der Waals surface area contributed by atoms with Crippen LogP contribution in [0, 0.1) is 5.92 Å². The lowest BCUT2D eigenvalue weighted by Gasteiger charge is -2.18.